The molecule has 0 atom stereocenters. The van der Waals surface area contributed by atoms with Crippen LogP contribution in [0.25, 0.3) is 0 Å². The number of hydrogen-bond acceptors (Lipinski definition) is 3. The van der Waals surface area contributed by atoms with Crippen LogP contribution in [0.15, 0.2) is 24.1 Å². The maximum Gasteiger partial charge on any atom is 0.209 e. The van der Waals surface area contributed by atoms with Gasteiger partial charge in [-0.1, -0.05) is 12.2 Å². The zero-order valence-electron chi connectivity index (χ0n) is 5.78. The zero-order chi connectivity index (χ0) is 8.04. The quantitative estimate of drug-likeness (QED) is 0.486. The fourth-order valence-corrected chi connectivity index (χ4v) is 2.34. The Morgan fingerprint density at radius 2 is 2.20 bits per heavy atom. The van der Waals surface area contributed by atoms with Crippen LogP contribution in [0.4, 0.5) is 0 Å². The molecule has 0 saturated carbocycles. The second kappa shape index (κ2) is 4.57. The van der Waals surface area contributed by atoms with Crippen LogP contribution in [0.5, 0.6) is 0 Å². The van der Waals surface area contributed by atoms with Crippen LogP contribution >= 0.6 is 10.8 Å². The molecule has 10 heavy (non-hydrogen) atoms. The summed E-state index contributed by atoms with van der Waals surface area (Å²) in [5.74, 6) is 0.0298. The molecule has 0 aliphatic heterocycles. The lowest BCUT2D eigenvalue weighted by atomic mass is 10.8. The summed E-state index contributed by atoms with van der Waals surface area (Å²) in [6.45, 7) is 5.11. The van der Waals surface area contributed by atoms with Gasteiger partial charge in [-0.05, 0) is 23.1 Å². The molecule has 0 aromatic carbocycles. The molecule has 0 unspecified atom stereocenters. The molecule has 0 aliphatic carbocycles. The molecule has 0 rings (SSSR count). The van der Waals surface area contributed by atoms with Crippen molar-refractivity contribution < 1.29 is 8.42 Å². The molecular formula is C6H10O2S2. The van der Waals surface area contributed by atoms with Gasteiger partial charge in [-0.15, -0.1) is 6.58 Å². The highest BCUT2D eigenvalue weighted by Crippen LogP contribution is 2.13. The first-order valence-corrected chi connectivity index (χ1v) is 5.80. The van der Waals surface area contributed by atoms with Gasteiger partial charge in [0.25, 0.3) is 0 Å². The molecule has 0 aromatic rings. The third-order valence-electron chi connectivity index (χ3n) is 0.660. The van der Waals surface area contributed by atoms with Crippen LogP contribution in [0, 0.1) is 0 Å². The summed E-state index contributed by atoms with van der Waals surface area (Å²) >= 11 is 0. The summed E-state index contributed by atoms with van der Waals surface area (Å²) in [6, 6.07) is 0. The Hall–Kier alpha value is -0.220. The monoisotopic (exact) mass is 178 g/mol. The highest BCUT2D eigenvalue weighted by molar-refractivity contribution is 8.73. The zero-order valence-corrected chi connectivity index (χ0v) is 7.41. The third-order valence-corrected chi connectivity index (χ3v) is 3.60. The molecule has 0 aliphatic rings. The van der Waals surface area contributed by atoms with E-state index >= 15 is 0 Å². The van der Waals surface area contributed by atoms with Crippen molar-refractivity contribution in [1.82, 2.24) is 0 Å². The molecule has 0 amide bonds. The molecule has 0 radical (unpaired) electrons. The topological polar surface area (TPSA) is 34.1 Å². The van der Waals surface area contributed by atoms with E-state index in [0.717, 1.165) is 10.8 Å². The van der Waals surface area contributed by atoms with E-state index in [1.165, 1.54) is 6.08 Å². The van der Waals surface area contributed by atoms with E-state index < -0.39 is 8.87 Å². The lowest BCUT2D eigenvalue weighted by Gasteiger charge is -1.91. The lowest BCUT2D eigenvalue weighted by Crippen LogP contribution is -1.94. The molecule has 2 nitrogen and oxygen atoms in total. The summed E-state index contributed by atoms with van der Waals surface area (Å²) in [5, 5.41) is 1.54. The van der Waals surface area contributed by atoms with Crippen LogP contribution in [0.3, 0.4) is 0 Å². The van der Waals surface area contributed by atoms with E-state index in [0.29, 0.717) is 0 Å². The van der Waals surface area contributed by atoms with E-state index in [2.05, 4.69) is 6.58 Å². The molecule has 0 heterocycles. The van der Waals surface area contributed by atoms with Crippen molar-refractivity contribution in [3.8, 4) is 0 Å². The summed E-state index contributed by atoms with van der Waals surface area (Å²) in [5.41, 5.74) is 0. The van der Waals surface area contributed by atoms with Crippen molar-refractivity contribution in [3.05, 3.63) is 24.1 Å². The van der Waals surface area contributed by atoms with Crippen molar-refractivity contribution in [1.29, 1.82) is 0 Å². The van der Waals surface area contributed by atoms with E-state index in [9.17, 15) is 8.42 Å². The maximum atomic E-state index is 10.8. The van der Waals surface area contributed by atoms with Crippen LogP contribution in [0.1, 0.15) is 6.92 Å². The highest BCUT2D eigenvalue weighted by Gasteiger charge is 2.04. The Balaban J connectivity index is 4.01. The van der Waals surface area contributed by atoms with Gasteiger partial charge in [-0.2, -0.15) is 0 Å². The molecule has 0 bridgehead atoms. The fourth-order valence-electron chi connectivity index (χ4n) is 0.324. The SMILES string of the molecule is C=CCS(=O)(=O)SC=CC. The minimum atomic E-state index is -2.98. The summed E-state index contributed by atoms with van der Waals surface area (Å²) < 4.78 is 21.7. The van der Waals surface area contributed by atoms with Crippen molar-refractivity contribution in [2.45, 2.75) is 6.92 Å². The maximum absolute atomic E-state index is 10.8. The minimum Gasteiger partial charge on any atom is -0.217 e. The van der Waals surface area contributed by atoms with Crippen LogP contribution in [-0.4, -0.2) is 14.2 Å². The van der Waals surface area contributed by atoms with Crippen LogP contribution < -0.4 is 0 Å². The average Bonchev–Trinajstić information content (AvgIpc) is 1.84. The summed E-state index contributed by atoms with van der Waals surface area (Å²) in [7, 11) is -2.16. The van der Waals surface area contributed by atoms with E-state index in [4.69, 9.17) is 0 Å². The lowest BCUT2D eigenvalue weighted by molar-refractivity contribution is 0.613. The van der Waals surface area contributed by atoms with Gasteiger partial charge < -0.3 is 0 Å². The van der Waals surface area contributed by atoms with E-state index in [1.54, 1.807) is 18.4 Å². The largest absolute Gasteiger partial charge is 0.217 e. The molecule has 0 fully saturated rings. The predicted molar refractivity (Wildman–Crippen MR) is 46.4 cm³/mol. The molecule has 0 saturated heterocycles. The first-order valence-electron chi connectivity index (χ1n) is 2.75. The molecule has 0 aromatic heterocycles. The van der Waals surface area contributed by atoms with Crippen molar-refractivity contribution in [3.63, 3.8) is 0 Å². The van der Waals surface area contributed by atoms with Gasteiger partial charge in [0.2, 0.25) is 8.87 Å². The Morgan fingerprint density at radius 1 is 1.60 bits per heavy atom. The standard InChI is InChI=1S/C6H10O2S2/c1-3-5-9-10(7,8)6-4-2/h3-5H,2,6H2,1H3. The molecule has 4 heteroatoms. The van der Waals surface area contributed by atoms with Crippen molar-refractivity contribution in [2.24, 2.45) is 0 Å². The van der Waals surface area contributed by atoms with Gasteiger partial charge in [0.1, 0.15) is 0 Å². The number of rotatable bonds is 4. The Morgan fingerprint density at radius 3 is 2.60 bits per heavy atom. The Bertz CT molecular complexity index is 214. The second-order valence-electron chi connectivity index (χ2n) is 1.58. The molecular weight excluding hydrogens is 168 g/mol. The number of hydrogen-bond donors (Lipinski definition) is 0. The normalized spacial score (nSPS) is 12.1. The smallest absolute Gasteiger partial charge is 0.209 e. The Kier molecular flexibility index (Phi) is 4.47. The van der Waals surface area contributed by atoms with E-state index in [-0.39, 0.29) is 5.75 Å². The minimum absolute atomic E-state index is 0.0298. The van der Waals surface area contributed by atoms with Gasteiger partial charge in [0.15, 0.2) is 0 Å². The molecule has 0 spiro atoms. The van der Waals surface area contributed by atoms with Crippen LogP contribution in [0.2, 0.25) is 0 Å². The fraction of sp³-hybridized carbons (Fsp3) is 0.333. The first-order chi connectivity index (χ1) is 4.62. The van der Waals surface area contributed by atoms with Gasteiger partial charge in [-0.25, -0.2) is 8.42 Å². The summed E-state index contributed by atoms with van der Waals surface area (Å²) in [4.78, 5) is 0. The van der Waals surface area contributed by atoms with Crippen LogP contribution in [-0.2, 0) is 8.87 Å². The molecule has 58 valence electrons. The number of allylic oxidation sites excluding steroid dienone is 1. The Labute approximate surface area is 65.3 Å². The van der Waals surface area contributed by atoms with Gasteiger partial charge in [0, 0.05) is 0 Å². The predicted octanol–water partition coefficient (Wildman–Crippen LogP) is 1.77. The van der Waals surface area contributed by atoms with Crippen molar-refractivity contribution >= 4 is 19.7 Å². The van der Waals surface area contributed by atoms with E-state index in [1.807, 2.05) is 0 Å². The summed E-state index contributed by atoms with van der Waals surface area (Å²) in [6.07, 6.45) is 3.07. The van der Waals surface area contributed by atoms with Gasteiger partial charge in [0.05, 0.1) is 5.75 Å². The van der Waals surface area contributed by atoms with Gasteiger partial charge >= 0.3 is 0 Å². The molecule has 0 N–H and O–H groups in total. The highest BCUT2D eigenvalue weighted by atomic mass is 33.1. The second-order valence-corrected chi connectivity index (χ2v) is 5.59. The first kappa shape index (κ1) is 9.78. The van der Waals surface area contributed by atoms with Gasteiger partial charge in [-0.3, -0.25) is 0 Å². The third kappa shape index (κ3) is 4.64. The van der Waals surface area contributed by atoms with Crippen molar-refractivity contribution in [2.75, 3.05) is 5.75 Å². The average molecular weight is 178 g/mol.